The summed E-state index contributed by atoms with van der Waals surface area (Å²) >= 11 is 0. The molecule has 0 aliphatic rings. The lowest BCUT2D eigenvalue weighted by atomic mass is 9.95. The second kappa shape index (κ2) is 9.95. The molecule has 0 aliphatic carbocycles. The number of aliphatic hydroxyl groups is 2. The third-order valence-electron chi connectivity index (χ3n) is 7.28. The van der Waals surface area contributed by atoms with Crippen LogP contribution in [0.15, 0.2) is 0 Å². The minimum Gasteiger partial charge on any atom is -0.496 e. The number of methoxy groups -OCH3 is 2. The first-order valence-corrected chi connectivity index (χ1v) is 13.7. The van der Waals surface area contributed by atoms with Gasteiger partial charge in [0, 0.05) is 5.56 Å². The maximum Gasteiger partial charge on any atom is 0.192 e. The van der Waals surface area contributed by atoms with Crippen molar-refractivity contribution in [3.8, 4) is 23.3 Å². The lowest BCUT2D eigenvalue weighted by Crippen LogP contribution is -2.49. The number of hydrogen-bond acceptors (Lipinski definition) is 5. The number of rotatable bonds is 8. The molecule has 0 saturated carbocycles. The molecule has 0 aliphatic heterocycles. The molecule has 0 aromatic heterocycles. The minimum atomic E-state index is -2.13. The Bertz CT molecular complexity index is 844. The van der Waals surface area contributed by atoms with Gasteiger partial charge in [-0.05, 0) is 62.9 Å². The van der Waals surface area contributed by atoms with Gasteiger partial charge in [0.2, 0.25) is 0 Å². The molecule has 0 spiro atoms. The van der Waals surface area contributed by atoms with Crippen LogP contribution in [0.4, 0.5) is 0 Å². The van der Waals surface area contributed by atoms with Gasteiger partial charge in [0.1, 0.15) is 17.6 Å². The molecule has 1 rings (SSSR count). The van der Waals surface area contributed by atoms with Gasteiger partial charge in [-0.25, -0.2) is 0 Å². The highest BCUT2D eigenvalue weighted by molar-refractivity contribution is 6.74. The molecule has 6 heteroatoms. The van der Waals surface area contributed by atoms with Gasteiger partial charge >= 0.3 is 0 Å². The van der Waals surface area contributed by atoms with Crippen molar-refractivity contribution in [2.24, 2.45) is 5.92 Å². The SMILES string of the molecule is COc1c(C)c(C)c(OC)c(C#C[C@](C)(O)[C@@H](O)CO[Si](C)(C)C(C)(C)C(C)C)c1C. The zero-order chi connectivity index (χ0) is 24.4. The fourth-order valence-corrected chi connectivity index (χ4v) is 5.75. The molecule has 0 fully saturated rings. The van der Waals surface area contributed by atoms with Crippen LogP contribution in [0.3, 0.4) is 0 Å². The zero-order valence-electron chi connectivity index (χ0n) is 21.5. The molecule has 0 heterocycles. The summed E-state index contributed by atoms with van der Waals surface area (Å²) in [4.78, 5) is 0. The van der Waals surface area contributed by atoms with E-state index in [0.29, 0.717) is 17.2 Å². The average molecular weight is 451 g/mol. The third-order valence-corrected chi connectivity index (χ3v) is 11.9. The maximum absolute atomic E-state index is 10.9. The molecular weight excluding hydrogens is 408 g/mol. The molecule has 0 bridgehead atoms. The number of hydrogen-bond donors (Lipinski definition) is 2. The van der Waals surface area contributed by atoms with Crippen molar-refractivity contribution in [1.82, 2.24) is 0 Å². The standard InChI is InChI=1S/C25H42O5Si/c1-16(2)24(6,7)31(11,12)30-15-21(26)25(8,27)14-13-20-19(5)22(28-9)17(3)18(4)23(20)29-10/h16,21,26-27H,15H2,1-12H3/t21-,25-/m0/s1. The van der Waals surface area contributed by atoms with E-state index < -0.39 is 20.0 Å². The highest BCUT2D eigenvalue weighted by Crippen LogP contribution is 2.44. The summed E-state index contributed by atoms with van der Waals surface area (Å²) in [6, 6.07) is 0. The second-order valence-corrected chi connectivity index (χ2v) is 14.5. The van der Waals surface area contributed by atoms with Crippen LogP contribution in [-0.4, -0.2) is 51.1 Å². The topological polar surface area (TPSA) is 68.2 Å². The van der Waals surface area contributed by atoms with Gasteiger partial charge < -0.3 is 24.1 Å². The lowest BCUT2D eigenvalue weighted by Gasteiger charge is -2.43. The summed E-state index contributed by atoms with van der Waals surface area (Å²) < 4.78 is 17.4. The molecule has 176 valence electrons. The van der Waals surface area contributed by atoms with Gasteiger partial charge in [-0.3, -0.25) is 0 Å². The van der Waals surface area contributed by atoms with Crippen molar-refractivity contribution in [3.63, 3.8) is 0 Å². The van der Waals surface area contributed by atoms with Crippen molar-refractivity contribution in [3.05, 3.63) is 22.3 Å². The zero-order valence-corrected chi connectivity index (χ0v) is 22.5. The summed E-state index contributed by atoms with van der Waals surface area (Å²) in [6.07, 6.45) is -1.14. The summed E-state index contributed by atoms with van der Waals surface area (Å²) in [5.41, 5.74) is 1.76. The van der Waals surface area contributed by atoms with E-state index in [-0.39, 0.29) is 11.6 Å². The quantitative estimate of drug-likeness (QED) is 0.442. The molecule has 1 aromatic carbocycles. The molecule has 0 saturated heterocycles. The molecule has 0 amide bonds. The third kappa shape index (κ3) is 5.64. The van der Waals surface area contributed by atoms with Crippen LogP contribution in [0, 0.1) is 38.5 Å². The fourth-order valence-electron chi connectivity index (χ4n) is 3.41. The monoisotopic (exact) mass is 450 g/mol. The largest absolute Gasteiger partial charge is 0.496 e. The van der Waals surface area contributed by atoms with E-state index >= 15 is 0 Å². The summed E-state index contributed by atoms with van der Waals surface area (Å²) in [5.74, 6) is 7.72. The first-order chi connectivity index (χ1) is 14.0. The number of aliphatic hydroxyl groups excluding tert-OH is 1. The van der Waals surface area contributed by atoms with E-state index in [0.717, 1.165) is 22.4 Å². The van der Waals surface area contributed by atoms with Gasteiger partial charge in [0.25, 0.3) is 0 Å². The summed E-state index contributed by atoms with van der Waals surface area (Å²) in [6.45, 7) is 20.5. The van der Waals surface area contributed by atoms with E-state index in [1.165, 1.54) is 6.92 Å². The van der Waals surface area contributed by atoms with E-state index in [1.54, 1.807) is 14.2 Å². The Morgan fingerprint density at radius 2 is 1.42 bits per heavy atom. The summed E-state index contributed by atoms with van der Waals surface area (Å²) in [5, 5.41) is 21.6. The van der Waals surface area contributed by atoms with Gasteiger partial charge in [-0.2, -0.15) is 0 Å². The van der Waals surface area contributed by atoms with Crippen LogP contribution in [0.5, 0.6) is 11.5 Å². The van der Waals surface area contributed by atoms with Gasteiger partial charge in [0.15, 0.2) is 13.9 Å². The van der Waals surface area contributed by atoms with E-state index in [9.17, 15) is 10.2 Å². The minimum absolute atomic E-state index is 0.0186. The molecule has 31 heavy (non-hydrogen) atoms. The van der Waals surface area contributed by atoms with E-state index in [4.69, 9.17) is 13.9 Å². The Morgan fingerprint density at radius 3 is 1.87 bits per heavy atom. The predicted octanol–water partition coefficient (Wildman–Crippen LogP) is 4.75. The highest BCUT2D eigenvalue weighted by Gasteiger charge is 2.44. The van der Waals surface area contributed by atoms with E-state index in [2.05, 4.69) is 52.6 Å². The molecule has 1 aromatic rings. The first kappa shape index (κ1) is 27.5. The average Bonchev–Trinajstić information content (AvgIpc) is 2.67. The van der Waals surface area contributed by atoms with Crippen LogP contribution >= 0.6 is 0 Å². The maximum atomic E-state index is 10.9. The normalized spacial score (nSPS) is 15.2. The fraction of sp³-hybridized carbons (Fsp3) is 0.680. The van der Waals surface area contributed by atoms with Crippen molar-refractivity contribution in [2.75, 3.05) is 20.8 Å². The molecular formula is C25H42O5Si. The number of benzene rings is 1. The molecule has 0 radical (unpaired) electrons. The molecule has 2 N–H and O–H groups in total. The molecule has 0 unspecified atom stereocenters. The van der Waals surface area contributed by atoms with Gasteiger partial charge in [-0.15, -0.1) is 0 Å². The summed E-state index contributed by atoms with van der Waals surface area (Å²) in [7, 11) is 1.10. The Morgan fingerprint density at radius 1 is 0.935 bits per heavy atom. The van der Waals surface area contributed by atoms with Crippen LogP contribution in [0.1, 0.15) is 56.9 Å². The highest BCUT2D eigenvalue weighted by atomic mass is 28.4. The van der Waals surface area contributed by atoms with Gasteiger partial charge in [-0.1, -0.05) is 39.5 Å². The van der Waals surface area contributed by atoms with Crippen LogP contribution in [-0.2, 0) is 4.43 Å². The van der Waals surface area contributed by atoms with Crippen molar-refractivity contribution >= 4 is 8.32 Å². The molecule has 2 atom stereocenters. The number of ether oxygens (including phenoxy) is 2. The van der Waals surface area contributed by atoms with Crippen LogP contribution in [0.2, 0.25) is 18.1 Å². The van der Waals surface area contributed by atoms with Crippen molar-refractivity contribution in [1.29, 1.82) is 0 Å². The predicted molar refractivity (Wildman–Crippen MR) is 130 cm³/mol. The van der Waals surface area contributed by atoms with Crippen molar-refractivity contribution < 1.29 is 24.1 Å². The van der Waals surface area contributed by atoms with Gasteiger partial charge in [0.05, 0.1) is 26.4 Å². The van der Waals surface area contributed by atoms with E-state index in [1.807, 2.05) is 20.8 Å². The Labute approximate surface area is 190 Å². The first-order valence-electron chi connectivity index (χ1n) is 10.8. The Balaban J connectivity index is 3.22. The lowest BCUT2D eigenvalue weighted by molar-refractivity contribution is -0.0436. The molecule has 5 nitrogen and oxygen atoms in total. The Kier molecular flexibility index (Phi) is 8.83. The second-order valence-electron chi connectivity index (χ2n) is 9.93. The Hall–Kier alpha value is -1.52. The van der Waals surface area contributed by atoms with Crippen LogP contribution in [0.25, 0.3) is 0 Å². The van der Waals surface area contributed by atoms with Crippen molar-refractivity contribution in [2.45, 2.75) is 85.2 Å². The van der Waals surface area contributed by atoms with Crippen LogP contribution < -0.4 is 9.47 Å². The smallest absolute Gasteiger partial charge is 0.192 e.